The number of alkyl halides is 3. The van der Waals surface area contributed by atoms with Gasteiger partial charge in [0, 0.05) is 0 Å². The number of thiazole rings is 1. The maximum absolute atomic E-state index is 13.5. The SMILES string of the molecule is Cc1ncc(C(=O)NCC#Cc2cc3c(N[C@@H]4CC[C@@H]5CC[C@H]4N5C)cccn3c2[Se]C(F)(F)F)s1. The first-order chi connectivity index (χ1) is 17.2. The molecule has 3 aromatic heterocycles. The number of hydrogen-bond donors (Lipinski definition) is 2. The first-order valence-electron chi connectivity index (χ1n) is 11.8. The number of rotatable bonds is 5. The summed E-state index contributed by atoms with van der Waals surface area (Å²) in [4.78, 5) is 19.2. The Hall–Kier alpha value is -2.51. The zero-order valence-corrected chi connectivity index (χ0v) is 22.4. The van der Waals surface area contributed by atoms with Crippen molar-refractivity contribution in [2.24, 2.45) is 0 Å². The van der Waals surface area contributed by atoms with Crippen LogP contribution in [0.25, 0.3) is 5.52 Å². The Morgan fingerprint density at radius 2 is 2.11 bits per heavy atom. The van der Waals surface area contributed by atoms with Gasteiger partial charge in [-0.2, -0.15) is 0 Å². The second-order valence-electron chi connectivity index (χ2n) is 9.11. The van der Waals surface area contributed by atoms with E-state index in [1.165, 1.54) is 24.0 Å². The summed E-state index contributed by atoms with van der Waals surface area (Å²) in [6, 6.07) is 6.77. The molecule has 5 rings (SSSR count). The van der Waals surface area contributed by atoms with Gasteiger partial charge in [-0.3, -0.25) is 0 Å². The molecule has 3 atom stereocenters. The Balaban J connectivity index is 1.40. The third-order valence-corrected chi connectivity index (χ3v) is 9.57. The van der Waals surface area contributed by atoms with Crippen LogP contribution in [-0.2, 0) is 0 Å². The number of nitrogens with zero attached hydrogens (tertiary/aromatic N) is 3. The van der Waals surface area contributed by atoms with Crippen molar-refractivity contribution in [2.75, 3.05) is 18.9 Å². The van der Waals surface area contributed by atoms with E-state index in [1.54, 1.807) is 22.7 Å². The van der Waals surface area contributed by atoms with E-state index in [0.717, 1.165) is 30.0 Å². The number of piperidine rings is 1. The summed E-state index contributed by atoms with van der Waals surface area (Å²) in [5.41, 5.74) is 1.85. The molecule has 2 fully saturated rings. The van der Waals surface area contributed by atoms with Crippen molar-refractivity contribution < 1.29 is 18.0 Å². The Kier molecular flexibility index (Phi) is 7.05. The number of amides is 1. The van der Waals surface area contributed by atoms with Crippen molar-refractivity contribution in [1.29, 1.82) is 0 Å². The quantitative estimate of drug-likeness (QED) is 0.359. The zero-order chi connectivity index (χ0) is 25.4. The third kappa shape index (κ3) is 5.28. The molecule has 2 N–H and O–H groups in total. The minimum atomic E-state index is -4.32. The van der Waals surface area contributed by atoms with Crippen LogP contribution in [0.15, 0.2) is 30.6 Å². The van der Waals surface area contributed by atoms with Gasteiger partial charge in [-0.1, -0.05) is 0 Å². The van der Waals surface area contributed by atoms with Gasteiger partial charge >= 0.3 is 218 Å². The molecule has 2 saturated heterocycles. The van der Waals surface area contributed by atoms with Crippen molar-refractivity contribution in [3.8, 4) is 11.8 Å². The summed E-state index contributed by atoms with van der Waals surface area (Å²) >= 11 is -0.494. The number of anilines is 1. The van der Waals surface area contributed by atoms with Gasteiger partial charge in [0.2, 0.25) is 0 Å². The number of likely N-dealkylation sites (N-methyl/N-ethyl adjacent to an activating group) is 1. The number of carbonyl (C=O) groups is 1. The molecule has 6 nitrogen and oxygen atoms in total. The Bertz CT molecular complexity index is 1340. The summed E-state index contributed by atoms with van der Waals surface area (Å²) < 4.78 is 42.3. The zero-order valence-electron chi connectivity index (χ0n) is 19.9. The molecule has 36 heavy (non-hydrogen) atoms. The van der Waals surface area contributed by atoms with Crippen LogP contribution in [0.5, 0.6) is 0 Å². The fourth-order valence-electron chi connectivity index (χ4n) is 5.22. The van der Waals surface area contributed by atoms with Gasteiger partial charge in [0.15, 0.2) is 0 Å². The first-order valence-corrected chi connectivity index (χ1v) is 14.3. The molecule has 2 aliphatic heterocycles. The number of aryl methyl sites for hydroxylation is 1. The van der Waals surface area contributed by atoms with Crippen molar-refractivity contribution in [1.82, 2.24) is 19.6 Å². The van der Waals surface area contributed by atoms with E-state index in [9.17, 15) is 18.0 Å². The Labute approximate surface area is 217 Å². The van der Waals surface area contributed by atoms with Crippen molar-refractivity contribution in [3.05, 3.63) is 46.0 Å². The summed E-state index contributed by atoms with van der Waals surface area (Å²) in [5.74, 6) is 5.42. The summed E-state index contributed by atoms with van der Waals surface area (Å²) in [5, 5.41) is 2.79. The molecule has 1 amide bonds. The molecule has 0 radical (unpaired) electrons. The number of pyridine rings is 1. The van der Waals surface area contributed by atoms with E-state index in [0.29, 0.717) is 28.0 Å². The summed E-state index contributed by atoms with van der Waals surface area (Å²) in [6.07, 6.45) is 7.67. The average molecular weight is 581 g/mol. The fraction of sp³-hybridized carbons (Fsp3) is 0.440. The van der Waals surface area contributed by atoms with E-state index in [2.05, 4.69) is 39.4 Å². The van der Waals surface area contributed by atoms with Crippen LogP contribution in [0, 0.1) is 18.8 Å². The number of carbonyl (C=O) groups excluding carboxylic acids is 1. The van der Waals surface area contributed by atoms with Crippen LogP contribution in [0.2, 0.25) is 0 Å². The van der Waals surface area contributed by atoms with Gasteiger partial charge in [-0.15, -0.1) is 0 Å². The van der Waals surface area contributed by atoms with E-state index >= 15 is 0 Å². The van der Waals surface area contributed by atoms with Gasteiger partial charge in [-0.25, -0.2) is 0 Å². The van der Waals surface area contributed by atoms with Crippen LogP contribution < -0.4 is 15.2 Å². The molecule has 0 saturated carbocycles. The molecule has 190 valence electrons. The van der Waals surface area contributed by atoms with Gasteiger partial charge in [-0.05, 0) is 0 Å². The van der Waals surface area contributed by atoms with Crippen LogP contribution in [0.1, 0.15) is 45.9 Å². The van der Waals surface area contributed by atoms with Crippen LogP contribution in [0.4, 0.5) is 18.9 Å². The molecule has 0 unspecified atom stereocenters. The van der Waals surface area contributed by atoms with Gasteiger partial charge in [0.1, 0.15) is 0 Å². The van der Waals surface area contributed by atoms with Gasteiger partial charge in [0.25, 0.3) is 0 Å². The van der Waals surface area contributed by atoms with E-state index in [4.69, 9.17) is 0 Å². The van der Waals surface area contributed by atoms with Crippen molar-refractivity contribution in [3.63, 3.8) is 0 Å². The van der Waals surface area contributed by atoms with Crippen molar-refractivity contribution >= 4 is 48.0 Å². The third-order valence-electron chi connectivity index (χ3n) is 6.89. The van der Waals surface area contributed by atoms with Crippen LogP contribution in [-0.4, -0.2) is 71.9 Å². The molecule has 0 aliphatic carbocycles. The van der Waals surface area contributed by atoms with E-state index < -0.39 is 20.0 Å². The molecule has 5 heterocycles. The number of aromatic nitrogens is 2. The molecule has 3 aromatic rings. The molecule has 0 spiro atoms. The van der Waals surface area contributed by atoms with Gasteiger partial charge < -0.3 is 0 Å². The average Bonchev–Trinajstić information content (AvgIpc) is 3.46. The summed E-state index contributed by atoms with van der Waals surface area (Å²) in [7, 11) is 2.17. The standard InChI is InChI=1S/C25H26F3N5OSSe/c1-15-30-14-22(35-15)23(34)29-11-3-5-16-13-21-18(6-4-12-33(21)24(16)36-25(26,27)28)31-19-9-7-17-8-10-20(19)32(17)2/h4,6,12-14,17,19-20,31H,7-11H2,1-2H3,(H,29,34)/t17-,19-,20-/m1/s1. The predicted molar refractivity (Wildman–Crippen MR) is 136 cm³/mol. The molecule has 0 aromatic carbocycles. The monoisotopic (exact) mass is 581 g/mol. The number of fused-ring (bicyclic) bond motifs is 3. The second kappa shape index (κ2) is 10.1. The normalized spacial score (nSPS) is 21.9. The molecular weight excluding hydrogens is 554 g/mol. The first kappa shape index (κ1) is 25.2. The van der Waals surface area contributed by atoms with Crippen molar-refractivity contribution in [2.45, 2.75) is 55.8 Å². The van der Waals surface area contributed by atoms with Gasteiger partial charge in [0.05, 0.1) is 0 Å². The van der Waals surface area contributed by atoms with E-state index in [-0.39, 0.29) is 23.1 Å². The number of halogens is 3. The molecule has 11 heteroatoms. The molecule has 2 bridgehead atoms. The van der Waals surface area contributed by atoms with Crippen LogP contribution in [0.3, 0.4) is 0 Å². The Morgan fingerprint density at radius 3 is 2.86 bits per heavy atom. The fourth-order valence-corrected chi connectivity index (χ4v) is 7.38. The van der Waals surface area contributed by atoms with E-state index in [1.807, 2.05) is 13.0 Å². The predicted octanol–water partition coefficient (Wildman–Crippen LogP) is 3.37. The molecule has 2 aliphatic rings. The number of nitrogens with one attached hydrogen (secondary N) is 2. The number of hydrogen-bond acceptors (Lipinski definition) is 5. The van der Waals surface area contributed by atoms with Crippen LogP contribution >= 0.6 is 11.3 Å². The molecular formula is C25H26F3N5OSSe. The Morgan fingerprint density at radius 1 is 1.31 bits per heavy atom. The maximum atomic E-state index is 13.5. The minimum absolute atomic E-state index is 0.0305. The topological polar surface area (TPSA) is 61.7 Å². The second-order valence-corrected chi connectivity index (χ2v) is 12.6. The summed E-state index contributed by atoms with van der Waals surface area (Å²) in [6.45, 7) is 1.84.